The molecule has 4 nitrogen and oxygen atoms in total. The molecule has 2 aromatic rings. The van der Waals surface area contributed by atoms with Gasteiger partial charge in [-0.25, -0.2) is 9.97 Å². The first-order chi connectivity index (χ1) is 12.3. The molecule has 4 rings (SSSR count). The summed E-state index contributed by atoms with van der Waals surface area (Å²) in [6.45, 7) is 3.41. The van der Waals surface area contributed by atoms with E-state index in [4.69, 9.17) is 26.3 Å². The van der Waals surface area contributed by atoms with Crippen molar-refractivity contribution < 1.29 is 4.74 Å². The minimum absolute atomic E-state index is 0.772. The molecule has 1 fully saturated rings. The molecule has 6 heteroatoms. The lowest BCUT2D eigenvalue weighted by Crippen LogP contribution is -2.38. The molecule has 0 bridgehead atoms. The number of halogens is 1. The molecule has 1 aliphatic carbocycles. The third-order valence-corrected chi connectivity index (χ3v) is 5.90. The molecule has 1 aliphatic heterocycles. The molecule has 0 N–H and O–H groups in total. The molecule has 1 aromatic carbocycles. The molecule has 0 unspecified atom stereocenters. The second-order valence-electron chi connectivity index (χ2n) is 6.48. The highest BCUT2D eigenvalue weighted by Crippen LogP contribution is 2.31. The van der Waals surface area contributed by atoms with E-state index >= 15 is 0 Å². The summed E-state index contributed by atoms with van der Waals surface area (Å²) in [7, 11) is 0. The molecule has 1 aromatic heterocycles. The van der Waals surface area contributed by atoms with Crippen LogP contribution in [0.25, 0.3) is 0 Å². The van der Waals surface area contributed by atoms with Crippen molar-refractivity contribution in [3.8, 4) is 0 Å². The van der Waals surface area contributed by atoms with E-state index in [-0.39, 0.29) is 0 Å². The van der Waals surface area contributed by atoms with Gasteiger partial charge in [-0.1, -0.05) is 35.5 Å². The number of rotatable bonds is 4. The Hall–Kier alpha value is -1.30. The van der Waals surface area contributed by atoms with Gasteiger partial charge in [-0.15, -0.1) is 0 Å². The first-order valence-electron chi connectivity index (χ1n) is 8.89. The highest BCUT2D eigenvalue weighted by atomic mass is 35.5. The third-order valence-electron chi connectivity index (χ3n) is 4.73. The summed E-state index contributed by atoms with van der Waals surface area (Å²) >= 11 is 7.67. The van der Waals surface area contributed by atoms with Crippen molar-refractivity contribution in [1.82, 2.24) is 9.97 Å². The zero-order chi connectivity index (χ0) is 17.1. The van der Waals surface area contributed by atoms with Crippen LogP contribution in [0, 0.1) is 0 Å². The van der Waals surface area contributed by atoms with E-state index in [1.165, 1.54) is 29.7 Å². The van der Waals surface area contributed by atoms with Gasteiger partial charge in [-0.2, -0.15) is 0 Å². The zero-order valence-electron chi connectivity index (χ0n) is 14.2. The van der Waals surface area contributed by atoms with E-state index < -0.39 is 0 Å². The first kappa shape index (κ1) is 17.1. The van der Waals surface area contributed by atoms with Gasteiger partial charge < -0.3 is 9.64 Å². The number of thioether (sulfide) groups is 1. The van der Waals surface area contributed by atoms with E-state index in [1.54, 1.807) is 11.8 Å². The number of benzene rings is 1. The fourth-order valence-corrected chi connectivity index (χ4v) is 4.32. The summed E-state index contributed by atoms with van der Waals surface area (Å²) < 4.78 is 5.51. The van der Waals surface area contributed by atoms with Crippen molar-refractivity contribution in [2.75, 3.05) is 31.2 Å². The van der Waals surface area contributed by atoms with Crippen LogP contribution in [0.15, 0.2) is 29.4 Å². The van der Waals surface area contributed by atoms with Gasteiger partial charge in [-0.05, 0) is 43.4 Å². The number of nitrogens with zero attached hydrogens (tertiary/aromatic N) is 3. The summed E-state index contributed by atoms with van der Waals surface area (Å²) in [5.74, 6) is 2.00. The predicted molar refractivity (Wildman–Crippen MR) is 103 cm³/mol. The Morgan fingerprint density at radius 1 is 1.04 bits per heavy atom. The molecule has 0 radical (unpaired) electrons. The van der Waals surface area contributed by atoms with Crippen LogP contribution in [0.3, 0.4) is 0 Å². The highest BCUT2D eigenvalue weighted by Gasteiger charge is 2.23. The minimum atomic E-state index is 0.772. The second-order valence-corrected chi connectivity index (χ2v) is 7.86. The Kier molecular flexibility index (Phi) is 5.44. The summed E-state index contributed by atoms with van der Waals surface area (Å²) in [4.78, 5) is 12.2. The lowest BCUT2D eigenvalue weighted by atomic mass is 9.96. The average molecular weight is 376 g/mol. The lowest BCUT2D eigenvalue weighted by molar-refractivity contribution is 0.122. The van der Waals surface area contributed by atoms with Crippen molar-refractivity contribution in [2.45, 2.75) is 36.6 Å². The number of hydrogen-bond donors (Lipinski definition) is 0. The molecule has 2 heterocycles. The van der Waals surface area contributed by atoms with Crippen LogP contribution in [0.5, 0.6) is 0 Å². The SMILES string of the molecule is Clc1ccc(CSc2nc3c(c(N4CCOCC4)n2)CCCC3)cc1. The van der Waals surface area contributed by atoms with E-state index in [2.05, 4.69) is 17.0 Å². The minimum Gasteiger partial charge on any atom is -0.378 e. The van der Waals surface area contributed by atoms with Crippen LogP contribution < -0.4 is 4.90 Å². The Morgan fingerprint density at radius 3 is 2.60 bits per heavy atom. The van der Waals surface area contributed by atoms with E-state index in [1.807, 2.05) is 12.1 Å². The molecule has 25 heavy (non-hydrogen) atoms. The van der Waals surface area contributed by atoms with Crippen LogP contribution in [-0.4, -0.2) is 36.3 Å². The van der Waals surface area contributed by atoms with Crippen LogP contribution >= 0.6 is 23.4 Å². The molecule has 0 spiro atoms. The molecule has 2 aliphatic rings. The standard InChI is InChI=1S/C19H22ClN3OS/c20-15-7-5-14(6-8-15)13-25-19-21-17-4-2-1-3-16(17)18(22-19)23-9-11-24-12-10-23/h5-8H,1-4,9-13H2. The Morgan fingerprint density at radius 2 is 1.80 bits per heavy atom. The number of aryl methyl sites for hydroxylation is 1. The molecule has 0 atom stereocenters. The molecule has 0 saturated carbocycles. The molecule has 0 amide bonds. The molecule has 132 valence electrons. The lowest BCUT2D eigenvalue weighted by Gasteiger charge is -2.31. The highest BCUT2D eigenvalue weighted by molar-refractivity contribution is 7.98. The quantitative estimate of drug-likeness (QED) is 0.593. The molecular weight excluding hydrogens is 354 g/mol. The third kappa shape index (κ3) is 4.10. The van der Waals surface area contributed by atoms with E-state index in [9.17, 15) is 0 Å². The fourth-order valence-electron chi connectivity index (χ4n) is 3.38. The molecule has 1 saturated heterocycles. The van der Waals surface area contributed by atoms with Crippen molar-refractivity contribution >= 4 is 29.2 Å². The van der Waals surface area contributed by atoms with Crippen molar-refractivity contribution in [2.24, 2.45) is 0 Å². The summed E-state index contributed by atoms with van der Waals surface area (Å²) in [6, 6.07) is 8.00. The molecular formula is C19H22ClN3OS. The largest absolute Gasteiger partial charge is 0.378 e. The number of hydrogen-bond acceptors (Lipinski definition) is 5. The van der Waals surface area contributed by atoms with Gasteiger partial charge in [0.25, 0.3) is 0 Å². The van der Waals surface area contributed by atoms with E-state index in [0.29, 0.717) is 0 Å². The van der Waals surface area contributed by atoms with Gasteiger partial charge in [0.2, 0.25) is 0 Å². The van der Waals surface area contributed by atoms with Crippen molar-refractivity contribution in [1.29, 1.82) is 0 Å². The van der Waals surface area contributed by atoms with E-state index in [0.717, 1.165) is 60.9 Å². The van der Waals surface area contributed by atoms with Crippen molar-refractivity contribution in [3.05, 3.63) is 46.1 Å². The van der Waals surface area contributed by atoms with Gasteiger partial charge in [0, 0.05) is 29.4 Å². The summed E-state index contributed by atoms with van der Waals surface area (Å²) in [5, 5.41) is 1.66. The summed E-state index contributed by atoms with van der Waals surface area (Å²) in [6.07, 6.45) is 4.65. The van der Waals surface area contributed by atoms with Crippen LogP contribution in [0.4, 0.5) is 5.82 Å². The second kappa shape index (κ2) is 7.94. The zero-order valence-corrected chi connectivity index (χ0v) is 15.8. The van der Waals surface area contributed by atoms with Gasteiger partial charge >= 0.3 is 0 Å². The predicted octanol–water partition coefficient (Wildman–Crippen LogP) is 4.14. The van der Waals surface area contributed by atoms with Crippen molar-refractivity contribution in [3.63, 3.8) is 0 Å². The number of fused-ring (bicyclic) bond motifs is 1. The Balaban J connectivity index is 1.57. The van der Waals surface area contributed by atoms with Crippen LogP contribution in [-0.2, 0) is 23.3 Å². The number of aromatic nitrogens is 2. The summed E-state index contributed by atoms with van der Waals surface area (Å²) in [5.41, 5.74) is 3.86. The number of ether oxygens (including phenoxy) is 1. The Labute approximate surface area is 158 Å². The maximum Gasteiger partial charge on any atom is 0.190 e. The maximum atomic E-state index is 5.97. The van der Waals surface area contributed by atoms with Crippen LogP contribution in [0.1, 0.15) is 29.7 Å². The number of morpholine rings is 1. The monoisotopic (exact) mass is 375 g/mol. The maximum absolute atomic E-state index is 5.97. The topological polar surface area (TPSA) is 38.2 Å². The normalized spacial score (nSPS) is 17.4. The van der Waals surface area contributed by atoms with Gasteiger partial charge in [0.15, 0.2) is 5.16 Å². The number of anilines is 1. The van der Waals surface area contributed by atoms with Gasteiger partial charge in [-0.3, -0.25) is 0 Å². The Bertz CT molecular complexity index is 732. The van der Waals surface area contributed by atoms with Gasteiger partial charge in [0.1, 0.15) is 5.82 Å². The first-order valence-corrected chi connectivity index (χ1v) is 10.3. The van der Waals surface area contributed by atoms with Crippen LogP contribution in [0.2, 0.25) is 5.02 Å². The average Bonchev–Trinajstić information content (AvgIpc) is 2.67. The smallest absolute Gasteiger partial charge is 0.190 e. The van der Waals surface area contributed by atoms with Gasteiger partial charge in [0.05, 0.1) is 18.9 Å². The fraction of sp³-hybridized carbons (Fsp3) is 0.474.